The van der Waals surface area contributed by atoms with Gasteiger partial charge in [0.05, 0.1) is 0 Å². The molecule has 1 aromatic heterocycles. The molecule has 0 aliphatic carbocycles. The molecule has 0 saturated carbocycles. The first-order valence-electron chi connectivity index (χ1n) is 8.20. The normalized spacial score (nSPS) is 10.8. The Labute approximate surface area is 139 Å². The molecule has 0 N–H and O–H groups in total. The first-order chi connectivity index (χ1) is 11.3. The van der Waals surface area contributed by atoms with Crippen LogP contribution in [-0.2, 0) is 0 Å². The van der Waals surface area contributed by atoms with Gasteiger partial charge in [-0.1, -0.05) is 95.5 Å². The molecular weight excluding hydrogens is 280 g/mol. The predicted octanol–water partition coefficient (Wildman–Crippen LogP) is 5.28. The molecule has 0 atom stereocenters. The van der Waals surface area contributed by atoms with Crippen molar-refractivity contribution in [1.82, 2.24) is 0 Å². The molecule has 0 aliphatic heterocycles. The van der Waals surface area contributed by atoms with Crippen molar-refractivity contribution < 1.29 is 4.42 Å². The van der Waals surface area contributed by atoms with E-state index in [0.717, 1.165) is 32.7 Å². The fraction of sp³-hybridized carbons (Fsp3) is 0.182. The average Bonchev–Trinajstić information content (AvgIpc) is 2.97. The molecule has 0 bridgehead atoms. The Hall–Kier alpha value is -2.54. The molecule has 0 unspecified atom stereocenters. The smallest absolute Gasteiger partial charge is 0.142 e. The molecule has 0 radical (unpaired) electrons. The fourth-order valence-corrected chi connectivity index (χ4v) is 2.28. The predicted molar refractivity (Wildman–Crippen MR) is 103 cm³/mol. The van der Waals surface area contributed by atoms with Gasteiger partial charge in [-0.3, -0.25) is 0 Å². The Morgan fingerprint density at radius 2 is 1.43 bits per heavy atom. The number of fused-ring (bicyclic) bond motifs is 1. The van der Waals surface area contributed by atoms with Crippen LogP contribution in [0.4, 0.5) is 0 Å². The van der Waals surface area contributed by atoms with Gasteiger partial charge in [0.25, 0.3) is 0 Å². The maximum atomic E-state index is 5.94. The summed E-state index contributed by atoms with van der Waals surface area (Å²) < 4.78 is 5.94. The van der Waals surface area contributed by atoms with E-state index in [9.17, 15) is 0 Å². The van der Waals surface area contributed by atoms with Crippen LogP contribution in [0, 0.1) is 0 Å². The van der Waals surface area contributed by atoms with Gasteiger partial charge in [-0.05, 0) is 11.6 Å². The molecule has 1 heteroatoms. The van der Waals surface area contributed by atoms with E-state index in [1.807, 2.05) is 88.4 Å². The highest BCUT2D eigenvalue weighted by molar-refractivity contribution is 5.81. The molecule has 3 aromatic rings. The van der Waals surface area contributed by atoms with Crippen LogP contribution in [0.15, 0.2) is 71.7 Å². The van der Waals surface area contributed by atoms with Gasteiger partial charge >= 0.3 is 0 Å². The third kappa shape index (κ3) is 4.01. The Morgan fingerprint density at radius 1 is 0.870 bits per heavy atom. The van der Waals surface area contributed by atoms with E-state index >= 15 is 0 Å². The molecule has 120 valence electrons. The molecule has 0 amide bonds. The van der Waals surface area contributed by atoms with Gasteiger partial charge in [0.15, 0.2) is 0 Å². The lowest BCUT2D eigenvalue weighted by molar-refractivity contribution is 0.573. The summed E-state index contributed by atoms with van der Waals surface area (Å²) >= 11 is 0. The number of hydrogen-bond acceptors (Lipinski definition) is 1. The first-order valence-corrected chi connectivity index (χ1v) is 8.20. The van der Waals surface area contributed by atoms with Gasteiger partial charge in [0.1, 0.15) is 11.0 Å². The van der Waals surface area contributed by atoms with Crippen LogP contribution >= 0.6 is 0 Å². The molecular formula is C22H26O. The maximum Gasteiger partial charge on any atom is 0.142 e. The Bertz CT molecular complexity index is 839. The highest BCUT2D eigenvalue weighted by Crippen LogP contribution is 2.13. The van der Waals surface area contributed by atoms with Crippen molar-refractivity contribution in [2.75, 3.05) is 0 Å². The van der Waals surface area contributed by atoms with Gasteiger partial charge in [-0.25, -0.2) is 0 Å². The summed E-state index contributed by atoms with van der Waals surface area (Å²) in [5.41, 5.74) is 3.71. The highest BCUT2D eigenvalue weighted by atomic mass is 16.3. The molecule has 0 aliphatic rings. The van der Waals surface area contributed by atoms with Crippen LogP contribution in [0.25, 0.3) is 23.1 Å². The first kappa shape index (κ1) is 18.5. The average molecular weight is 306 g/mol. The summed E-state index contributed by atoms with van der Waals surface area (Å²) in [5, 5.41) is 1.96. The minimum atomic E-state index is 0.794. The van der Waals surface area contributed by atoms with Crippen molar-refractivity contribution in [3.05, 3.63) is 83.4 Å². The zero-order valence-corrected chi connectivity index (χ0v) is 14.6. The lowest BCUT2D eigenvalue weighted by atomic mass is 10.1. The molecule has 0 spiro atoms. The van der Waals surface area contributed by atoms with E-state index in [1.165, 1.54) is 0 Å². The number of allylic oxidation sites excluding steroid dienone is 1. The molecule has 1 nitrogen and oxygen atoms in total. The Kier molecular flexibility index (Phi) is 7.62. The Balaban J connectivity index is 0.000000615. The summed E-state index contributed by atoms with van der Waals surface area (Å²) in [7, 11) is 0. The second-order valence-electron chi connectivity index (χ2n) is 4.39. The largest absolute Gasteiger partial charge is 0.455 e. The molecule has 0 saturated heterocycles. The van der Waals surface area contributed by atoms with Crippen LogP contribution in [0.2, 0.25) is 0 Å². The number of furan rings is 1. The van der Waals surface area contributed by atoms with Gasteiger partial charge in [-0.15, -0.1) is 0 Å². The van der Waals surface area contributed by atoms with E-state index in [-0.39, 0.29) is 0 Å². The van der Waals surface area contributed by atoms with E-state index in [4.69, 9.17) is 4.42 Å². The molecule has 3 rings (SSSR count). The van der Waals surface area contributed by atoms with Crippen molar-refractivity contribution in [1.29, 1.82) is 0 Å². The van der Waals surface area contributed by atoms with E-state index in [1.54, 1.807) is 0 Å². The van der Waals surface area contributed by atoms with Gasteiger partial charge in [0, 0.05) is 16.2 Å². The maximum absolute atomic E-state index is 5.94. The zero-order valence-electron chi connectivity index (χ0n) is 14.6. The quantitative estimate of drug-likeness (QED) is 0.628. The van der Waals surface area contributed by atoms with E-state index in [2.05, 4.69) is 13.2 Å². The second-order valence-corrected chi connectivity index (χ2v) is 4.39. The van der Waals surface area contributed by atoms with E-state index in [0.29, 0.717) is 0 Å². The lowest BCUT2D eigenvalue weighted by Crippen LogP contribution is -2.21. The molecule has 2 aromatic carbocycles. The summed E-state index contributed by atoms with van der Waals surface area (Å²) in [6, 6.07) is 18.0. The van der Waals surface area contributed by atoms with Crippen molar-refractivity contribution >= 4 is 23.1 Å². The third-order valence-electron chi connectivity index (χ3n) is 3.23. The minimum Gasteiger partial charge on any atom is -0.455 e. The topological polar surface area (TPSA) is 13.1 Å². The van der Waals surface area contributed by atoms with Crippen molar-refractivity contribution in [2.24, 2.45) is 0 Å². The van der Waals surface area contributed by atoms with Crippen molar-refractivity contribution in [2.45, 2.75) is 27.7 Å². The number of para-hydroxylation sites is 1. The summed E-state index contributed by atoms with van der Waals surface area (Å²) in [6.45, 7) is 16.0. The monoisotopic (exact) mass is 306 g/mol. The van der Waals surface area contributed by atoms with Gasteiger partial charge in [0.2, 0.25) is 0 Å². The van der Waals surface area contributed by atoms with E-state index < -0.39 is 0 Å². The number of rotatable bonds is 2. The second kappa shape index (κ2) is 9.47. The van der Waals surface area contributed by atoms with Crippen LogP contribution in [0.1, 0.15) is 33.3 Å². The standard InChI is InChI=1S/C18H14O.2C2H6/c1-3-15(14-9-5-4-6-10-14)18-13(2)16-11-7-8-12-17(16)19-18;2*1-2/h3-12H,1-2H2;2*1-2H3/b18-15-;;. The third-order valence-corrected chi connectivity index (χ3v) is 3.23. The zero-order chi connectivity index (χ0) is 17.2. The van der Waals surface area contributed by atoms with Crippen LogP contribution < -0.4 is 10.6 Å². The molecule has 0 fully saturated rings. The minimum absolute atomic E-state index is 0.794. The van der Waals surface area contributed by atoms with Crippen LogP contribution in [0.5, 0.6) is 0 Å². The summed E-state index contributed by atoms with van der Waals surface area (Å²) in [4.78, 5) is 0. The number of hydrogen-bond donors (Lipinski definition) is 0. The summed E-state index contributed by atoms with van der Waals surface area (Å²) in [6.07, 6.45) is 1.82. The number of benzene rings is 2. The SMILES string of the molecule is C=C/C(c1ccccc1)=c1/oc2ccccc2c1=C.CC.CC. The lowest BCUT2D eigenvalue weighted by Gasteiger charge is -1.99. The Morgan fingerprint density at radius 3 is 2.00 bits per heavy atom. The molecule has 23 heavy (non-hydrogen) atoms. The van der Waals surface area contributed by atoms with Crippen molar-refractivity contribution in [3.63, 3.8) is 0 Å². The van der Waals surface area contributed by atoms with Gasteiger partial charge in [-0.2, -0.15) is 0 Å². The van der Waals surface area contributed by atoms with Gasteiger partial charge < -0.3 is 4.42 Å². The van der Waals surface area contributed by atoms with Crippen LogP contribution in [0.3, 0.4) is 0 Å². The van der Waals surface area contributed by atoms with Crippen molar-refractivity contribution in [3.8, 4) is 0 Å². The summed E-state index contributed by atoms with van der Waals surface area (Å²) in [5.74, 6) is 0. The molecule has 1 heterocycles. The fourth-order valence-electron chi connectivity index (χ4n) is 2.28. The highest BCUT2D eigenvalue weighted by Gasteiger charge is 2.05. The van der Waals surface area contributed by atoms with Crippen LogP contribution in [-0.4, -0.2) is 0 Å².